The minimum absolute atomic E-state index is 0.383. The molecule has 8 nitrogen and oxygen atoms in total. The lowest BCUT2D eigenvalue weighted by Gasteiger charge is -2.41. The third kappa shape index (κ3) is 3.33. The molecule has 0 aromatic carbocycles. The van der Waals surface area contributed by atoms with Crippen LogP contribution in [0.25, 0.3) is 0 Å². The van der Waals surface area contributed by atoms with Gasteiger partial charge in [-0.1, -0.05) is 0 Å². The molecule has 102 valence electrons. The van der Waals surface area contributed by atoms with Crippen LogP contribution in [0.4, 0.5) is 0 Å². The molecule has 1 fully saturated rings. The average Bonchev–Trinajstić information content (AvgIpc) is 2.35. The maximum Gasteiger partial charge on any atom is 0.137 e. The zero-order chi connectivity index (χ0) is 13.0. The molecule has 0 amide bonds. The number of rotatable bonds is 5. The van der Waals surface area contributed by atoms with E-state index >= 15 is 0 Å². The van der Waals surface area contributed by atoms with Crippen molar-refractivity contribution in [2.24, 2.45) is 0 Å². The van der Waals surface area contributed by atoms with Crippen LogP contribution in [0.2, 0.25) is 0 Å². The summed E-state index contributed by atoms with van der Waals surface area (Å²) in [6.45, 7) is -1.29. The molecule has 1 heterocycles. The van der Waals surface area contributed by atoms with E-state index in [0.29, 0.717) is 0 Å². The van der Waals surface area contributed by atoms with E-state index in [9.17, 15) is 15.3 Å². The van der Waals surface area contributed by atoms with Crippen molar-refractivity contribution in [1.29, 1.82) is 0 Å². The van der Waals surface area contributed by atoms with Crippen LogP contribution in [0.15, 0.2) is 0 Å². The van der Waals surface area contributed by atoms with E-state index in [1.807, 2.05) is 0 Å². The van der Waals surface area contributed by atoms with Crippen molar-refractivity contribution in [2.45, 2.75) is 36.7 Å². The fraction of sp³-hybridized carbons (Fsp3) is 1.00. The first kappa shape index (κ1) is 14.7. The Morgan fingerprint density at radius 1 is 0.941 bits per heavy atom. The summed E-state index contributed by atoms with van der Waals surface area (Å²) in [7, 11) is 0. The fourth-order valence-corrected chi connectivity index (χ4v) is 1.63. The molecule has 0 saturated carbocycles. The molecule has 7 N–H and O–H groups in total. The van der Waals surface area contributed by atoms with Crippen LogP contribution in [0.1, 0.15) is 0 Å². The molecule has 0 aromatic heterocycles. The van der Waals surface area contributed by atoms with Crippen molar-refractivity contribution in [3.05, 3.63) is 0 Å². The summed E-state index contributed by atoms with van der Waals surface area (Å²) in [5.74, 6) is 0. The molecular weight excluding hydrogens is 234 g/mol. The first-order valence-corrected chi connectivity index (χ1v) is 5.33. The number of hydrogen-bond acceptors (Lipinski definition) is 8. The summed E-state index contributed by atoms with van der Waals surface area (Å²) < 4.78 is 5.12. The van der Waals surface area contributed by atoms with E-state index in [0.717, 1.165) is 0 Å². The Kier molecular flexibility index (Phi) is 5.70. The quantitative estimate of drug-likeness (QED) is 0.261. The predicted molar refractivity (Wildman–Crippen MR) is 54.9 cm³/mol. The largest absolute Gasteiger partial charge is 0.395 e. The summed E-state index contributed by atoms with van der Waals surface area (Å²) in [6, 6.07) is -0.726. The lowest BCUT2D eigenvalue weighted by Crippen LogP contribution is -2.64. The van der Waals surface area contributed by atoms with Gasteiger partial charge in [0.15, 0.2) is 0 Å². The molecule has 1 aliphatic heterocycles. The molecule has 0 radical (unpaired) electrons. The third-order valence-electron chi connectivity index (χ3n) is 2.73. The van der Waals surface area contributed by atoms with Gasteiger partial charge >= 0.3 is 0 Å². The van der Waals surface area contributed by atoms with Crippen molar-refractivity contribution < 1.29 is 35.4 Å². The Bertz CT molecular complexity index is 221. The molecule has 17 heavy (non-hydrogen) atoms. The van der Waals surface area contributed by atoms with E-state index < -0.39 is 43.3 Å². The second-order valence-corrected chi connectivity index (χ2v) is 3.98. The number of nitrogens with one attached hydrogen (secondary N) is 1. The van der Waals surface area contributed by atoms with Gasteiger partial charge in [-0.15, -0.1) is 0 Å². The van der Waals surface area contributed by atoms with E-state index in [1.54, 1.807) is 0 Å². The van der Waals surface area contributed by atoms with Crippen LogP contribution >= 0.6 is 0 Å². The minimum atomic E-state index is -1.48. The van der Waals surface area contributed by atoms with Crippen LogP contribution in [0.3, 0.4) is 0 Å². The van der Waals surface area contributed by atoms with Gasteiger partial charge in [-0.25, -0.2) is 0 Å². The smallest absolute Gasteiger partial charge is 0.137 e. The SMILES string of the molecule is OCC(CO)NC1O[C@H](CO)[C@H](O)[C@H](O)[C@H]1O. The topological polar surface area (TPSA) is 143 Å². The van der Waals surface area contributed by atoms with Gasteiger partial charge in [0.1, 0.15) is 30.6 Å². The summed E-state index contributed by atoms with van der Waals surface area (Å²) >= 11 is 0. The summed E-state index contributed by atoms with van der Waals surface area (Å²) in [5, 5.41) is 57.8. The van der Waals surface area contributed by atoms with Crippen LogP contribution in [-0.2, 0) is 4.74 Å². The summed E-state index contributed by atoms with van der Waals surface area (Å²) in [5.41, 5.74) is 0. The van der Waals surface area contributed by atoms with Crippen molar-refractivity contribution in [2.75, 3.05) is 19.8 Å². The van der Waals surface area contributed by atoms with E-state index in [1.165, 1.54) is 0 Å². The molecule has 1 saturated heterocycles. The number of aliphatic hydroxyl groups is 6. The molecule has 1 aliphatic rings. The van der Waals surface area contributed by atoms with Gasteiger partial charge in [-0.05, 0) is 0 Å². The highest BCUT2D eigenvalue weighted by Crippen LogP contribution is 2.19. The van der Waals surface area contributed by atoms with Gasteiger partial charge < -0.3 is 35.4 Å². The molecule has 1 rings (SSSR count). The van der Waals surface area contributed by atoms with Crippen LogP contribution in [-0.4, -0.2) is 87.1 Å². The molecule has 0 bridgehead atoms. The molecule has 0 spiro atoms. The zero-order valence-electron chi connectivity index (χ0n) is 9.18. The Hall–Kier alpha value is -0.320. The van der Waals surface area contributed by atoms with Crippen molar-refractivity contribution in [3.8, 4) is 0 Å². The summed E-state index contributed by atoms with van der Waals surface area (Å²) in [6.07, 6.45) is -6.42. The lowest BCUT2D eigenvalue weighted by molar-refractivity contribution is -0.239. The molecule has 1 unspecified atom stereocenters. The molecule has 5 atom stereocenters. The normalized spacial score (nSPS) is 38.6. The number of aliphatic hydroxyl groups excluding tert-OH is 6. The first-order chi connectivity index (χ1) is 8.04. The van der Waals surface area contributed by atoms with Gasteiger partial charge in [0.05, 0.1) is 25.9 Å². The standard InChI is InChI=1S/C9H19NO7/c11-1-4(2-12)10-9-8(16)7(15)6(14)5(3-13)17-9/h4-16H,1-3H2/t5-,6+,7+,8-,9?/m1/s1. The Morgan fingerprint density at radius 3 is 2.00 bits per heavy atom. The van der Waals surface area contributed by atoms with Crippen LogP contribution < -0.4 is 5.32 Å². The predicted octanol–water partition coefficient (Wildman–Crippen LogP) is -4.27. The average molecular weight is 253 g/mol. The zero-order valence-corrected chi connectivity index (χ0v) is 9.18. The molecule has 0 aliphatic carbocycles. The minimum Gasteiger partial charge on any atom is -0.395 e. The highest BCUT2D eigenvalue weighted by molar-refractivity contribution is 4.91. The monoisotopic (exact) mass is 253 g/mol. The second-order valence-electron chi connectivity index (χ2n) is 3.98. The Labute approximate surface area is 98.1 Å². The van der Waals surface area contributed by atoms with E-state index in [-0.39, 0.29) is 13.2 Å². The van der Waals surface area contributed by atoms with E-state index in [2.05, 4.69) is 5.32 Å². The molecule has 0 aromatic rings. The first-order valence-electron chi connectivity index (χ1n) is 5.33. The molecular formula is C9H19NO7. The van der Waals surface area contributed by atoms with Gasteiger partial charge in [-0.3, -0.25) is 5.32 Å². The molecule has 8 heteroatoms. The fourth-order valence-electron chi connectivity index (χ4n) is 1.63. The summed E-state index contributed by atoms with van der Waals surface area (Å²) in [4.78, 5) is 0. The van der Waals surface area contributed by atoms with Gasteiger partial charge in [0.25, 0.3) is 0 Å². The van der Waals surface area contributed by atoms with Crippen LogP contribution in [0.5, 0.6) is 0 Å². The van der Waals surface area contributed by atoms with Gasteiger partial charge in [0, 0.05) is 0 Å². The maximum absolute atomic E-state index is 9.62. The van der Waals surface area contributed by atoms with Crippen molar-refractivity contribution >= 4 is 0 Å². The highest BCUT2D eigenvalue weighted by atomic mass is 16.6. The Balaban J connectivity index is 2.65. The van der Waals surface area contributed by atoms with Crippen molar-refractivity contribution in [3.63, 3.8) is 0 Å². The highest BCUT2D eigenvalue weighted by Gasteiger charge is 2.43. The lowest BCUT2D eigenvalue weighted by atomic mass is 9.98. The maximum atomic E-state index is 9.62. The van der Waals surface area contributed by atoms with Gasteiger partial charge in [-0.2, -0.15) is 0 Å². The number of ether oxygens (including phenoxy) is 1. The Morgan fingerprint density at radius 2 is 1.53 bits per heavy atom. The van der Waals surface area contributed by atoms with E-state index in [4.69, 9.17) is 20.1 Å². The van der Waals surface area contributed by atoms with Crippen molar-refractivity contribution in [1.82, 2.24) is 5.32 Å². The second kappa shape index (κ2) is 6.57. The number of hydrogen-bond donors (Lipinski definition) is 7. The third-order valence-corrected chi connectivity index (χ3v) is 2.73. The van der Waals surface area contributed by atoms with Gasteiger partial charge in [0.2, 0.25) is 0 Å². The van der Waals surface area contributed by atoms with Crippen LogP contribution in [0, 0.1) is 0 Å².